The third kappa shape index (κ3) is 3.95. The molecule has 0 aliphatic carbocycles. The largest absolute Gasteiger partial charge is 0.490 e. The molecule has 26 heavy (non-hydrogen) atoms. The van der Waals surface area contributed by atoms with Crippen molar-refractivity contribution in [3.8, 4) is 11.8 Å². The highest BCUT2D eigenvalue weighted by Gasteiger charge is 2.13. The zero-order chi connectivity index (χ0) is 18.5. The van der Waals surface area contributed by atoms with E-state index in [0.29, 0.717) is 33.5 Å². The van der Waals surface area contributed by atoms with Crippen LogP contribution in [0.15, 0.2) is 48.5 Å². The number of aromatic nitrogens is 1. The highest BCUT2D eigenvalue weighted by molar-refractivity contribution is 5.95. The summed E-state index contributed by atoms with van der Waals surface area (Å²) in [5, 5.41) is 9.41. The number of benzene rings is 2. The maximum atomic E-state index is 13.3. The third-order valence-corrected chi connectivity index (χ3v) is 3.76. The van der Waals surface area contributed by atoms with Crippen LogP contribution in [0.25, 0.3) is 10.9 Å². The molecule has 0 spiro atoms. The lowest BCUT2D eigenvalue weighted by molar-refractivity contribution is 0.0449. The minimum atomic E-state index is -0.510. The van der Waals surface area contributed by atoms with Gasteiger partial charge < -0.3 is 9.47 Å². The van der Waals surface area contributed by atoms with Crippen LogP contribution in [0, 0.1) is 24.1 Å². The molecular formula is C20H15FN2O3. The van der Waals surface area contributed by atoms with Gasteiger partial charge in [0.1, 0.15) is 24.8 Å². The van der Waals surface area contributed by atoms with Crippen LogP contribution in [-0.4, -0.2) is 24.2 Å². The Balaban J connectivity index is 1.59. The van der Waals surface area contributed by atoms with E-state index >= 15 is 0 Å². The highest BCUT2D eigenvalue weighted by Crippen LogP contribution is 2.18. The number of ether oxygens (including phenoxy) is 2. The summed E-state index contributed by atoms with van der Waals surface area (Å²) in [5.41, 5.74) is 1.84. The average Bonchev–Trinajstić information content (AvgIpc) is 2.65. The Kier molecular flexibility index (Phi) is 5.09. The van der Waals surface area contributed by atoms with Crippen molar-refractivity contribution < 1.29 is 18.7 Å². The quantitative estimate of drug-likeness (QED) is 0.517. The summed E-state index contributed by atoms with van der Waals surface area (Å²) >= 11 is 0. The van der Waals surface area contributed by atoms with Gasteiger partial charge in [-0.25, -0.2) is 9.18 Å². The molecule has 1 heterocycles. The molecule has 0 bridgehead atoms. The van der Waals surface area contributed by atoms with Crippen molar-refractivity contribution in [3.63, 3.8) is 0 Å². The SMILES string of the molecule is Cc1nc2cc(F)ccc2cc1C(=O)OCCOc1ccc(C#N)cc1. The molecule has 0 saturated heterocycles. The van der Waals surface area contributed by atoms with Crippen molar-refractivity contribution in [2.75, 3.05) is 13.2 Å². The third-order valence-electron chi connectivity index (χ3n) is 3.76. The van der Waals surface area contributed by atoms with E-state index in [-0.39, 0.29) is 19.0 Å². The molecule has 1 aromatic heterocycles. The van der Waals surface area contributed by atoms with Gasteiger partial charge in [-0.05, 0) is 49.4 Å². The second kappa shape index (κ2) is 7.62. The molecular weight excluding hydrogens is 335 g/mol. The number of fused-ring (bicyclic) bond motifs is 1. The van der Waals surface area contributed by atoms with Crippen LogP contribution in [0.4, 0.5) is 4.39 Å². The van der Waals surface area contributed by atoms with Gasteiger partial charge in [0.2, 0.25) is 0 Å². The zero-order valence-electron chi connectivity index (χ0n) is 14.0. The van der Waals surface area contributed by atoms with E-state index in [2.05, 4.69) is 4.98 Å². The fourth-order valence-electron chi connectivity index (χ4n) is 2.44. The summed E-state index contributed by atoms with van der Waals surface area (Å²) in [6, 6.07) is 14.5. The number of rotatable bonds is 5. The number of nitriles is 1. The highest BCUT2D eigenvalue weighted by atomic mass is 19.1. The normalized spacial score (nSPS) is 10.3. The average molecular weight is 350 g/mol. The molecule has 0 saturated carbocycles. The molecule has 0 aliphatic heterocycles. The predicted molar refractivity (Wildman–Crippen MR) is 93.4 cm³/mol. The lowest BCUT2D eigenvalue weighted by Gasteiger charge is -2.09. The van der Waals surface area contributed by atoms with Gasteiger partial charge in [-0.1, -0.05) is 0 Å². The Morgan fingerprint density at radius 1 is 1.15 bits per heavy atom. The number of halogens is 1. The first-order chi connectivity index (χ1) is 12.6. The molecule has 3 aromatic rings. The number of aryl methyl sites for hydroxylation is 1. The summed E-state index contributed by atoms with van der Waals surface area (Å²) in [6.45, 7) is 1.93. The molecule has 130 valence electrons. The molecule has 0 atom stereocenters. The lowest BCUT2D eigenvalue weighted by Crippen LogP contribution is -2.14. The van der Waals surface area contributed by atoms with Crippen molar-refractivity contribution in [1.82, 2.24) is 4.98 Å². The van der Waals surface area contributed by atoms with Crippen molar-refractivity contribution in [2.45, 2.75) is 6.92 Å². The van der Waals surface area contributed by atoms with Crippen LogP contribution in [0.5, 0.6) is 5.75 Å². The van der Waals surface area contributed by atoms with Crippen molar-refractivity contribution in [1.29, 1.82) is 5.26 Å². The van der Waals surface area contributed by atoms with E-state index in [9.17, 15) is 9.18 Å². The maximum absolute atomic E-state index is 13.3. The van der Waals surface area contributed by atoms with Crippen LogP contribution in [0.3, 0.4) is 0 Å². The van der Waals surface area contributed by atoms with Crippen molar-refractivity contribution in [3.05, 3.63) is 71.2 Å². The molecule has 2 aromatic carbocycles. The van der Waals surface area contributed by atoms with Crippen LogP contribution >= 0.6 is 0 Å². The van der Waals surface area contributed by atoms with E-state index in [1.165, 1.54) is 12.1 Å². The Hall–Kier alpha value is -3.46. The molecule has 5 nitrogen and oxygen atoms in total. The molecule has 6 heteroatoms. The maximum Gasteiger partial charge on any atom is 0.340 e. The van der Waals surface area contributed by atoms with Crippen LogP contribution < -0.4 is 4.74 Å². The molecule has 0 aliphatic rings. The van der Waals surface area contributed by atoms with Gasteiger partial charge in [0.15, 0.2) is 0 Å². The fraction of sp³-hybridized carbons (Fsp3) is 0.150. The number of nitrogens with zero attached hydrogens (tertiary/aromatic N) is 2. The van der Waals surface area contributed by atoms with Crippen molar-refractivity contribution in [2.24, 2.45) is 0 Å². The molecule has 0 unspecified atom stereocenters. The second-order valence-corrected chi connectivity index (χ2v) is 5.58. The van der Waals surface area contributed by atoms with E-state index in [1.807, 2.05) is 6.07 Å². The number of carbonyl (C=O) groups excluding carboxylic acids is 1. The first-order valence-electron chi connectivity index (χ1n) is 7.94. The summed E-state index contributed by atoms with van der Waals surface area (Å²) in [7, 11) is 0. The molecule has 0 radical (unpaired) electrons. The van der Waals surface area contributed by atoms with Crippen molar-refractivity contribution >= 4 is 16.9 Å². The summed E-state index contributed by atoms with van der Waals surface area (Å²) in [4.78, 5) is 16.5. The Bertz CT molecular complexity index is 994. The first-order valence-corrected chi connectivity index (χ1v) is 7.94. The summed E-state index contributed by atoms with van der Waals surface area (Å²) in [5.74, 6) is -0.296. The Morgan fingerprint density at radius 2 is 1.92 bits per heavy atom. The van der Waals surface area contributed by atoms with Gasteiger partial charge >= 0.3 is 5.97 Å². The van der Waals surface area contributed by atoms with Gasteiger partial charge in [-0.3, -0.25) is 4.98 Å². The summed E-state index contributed by atoms with van der Waals surface area (Å²) < 4.78 is 23.9. The number of hydrogen-bond acceptors (Lipinski definition) is 5. The standard InChI is InChI=1S/C20H15FN2O3/c1-13-18(10-15-4-5-16(21)11-19(15)23-13)20(24)26-9-8-25-17-6-2-14(12-22)3-7-17/h2-7,10-11H,8-9H2,1H3. The molecule has 0 amide bonds. The van der Waals surface area contributed by atoms with Gasteiger partial charge in [-0.2, -0.15) is 5.26 Å². The van der Waals surface area contributed by atoms with Gasteiger partial charge in [0, 0.05) is 11.5 Å². The zero-order valence-corrected chi connectivity index (χ0v) is 14.0. The van der Waals surface area contributed by atoms with Crippen LogP contribution in [0.2, 0.25) is 0 Å². The van der Waals surface area contributed by atoms with E-state index in [1.54, 1.807) is 43.3 Å². The number of carbonyl (C=O) groups is 1. The van der Waals surface area contributed by atoms with Gasteiger partial charge in [-0.15, -0.1) is 0 Å². The topological polar surface area (TPSA) is 72.2 Å². The number of hydrogen-bond donors (Lipinski definition) is 0. The molecule has 3 rings (SSSR count). The van der Waals surface area contributed by atoms with Gasteiger partial charge in [0.25, 0.3) is 0 Å². The molecule has 0 N–H and O–H groups in total. The number of esters is 1. The van der Waals surface area contributed by atoms with E-state index in [0.717, 1.165) is 0 Å². The monoisotopic (exact) mass is 350 g/mol. The molecule has 0 fully saturated rings. The smallest absolute Gasteiger partial charge is 0.340 e. The second-order valence-electron chi connectivity index (χ2n) is 5.58. The Labute approximate surface area is 149 Å². The summed E-state index contributed by atoms with van der Waals surface area (Å²) in [6.07, 6.45) is 0. The van der Waals surface area contributed by atoms with E-state index in [4.69, 9.17) is 14.7 Å². The first kappa shape index (κ1) is 17.4. The number of pyridine rings is 1. The predicted octanol–water partition coefficient (Wildman–Crippen LogP) is 3.79. The minimum absolute atomic E-state index is 0.0692. The Morgan fingerprint density at radius 3 is 2.65 bits per heavy atom. The lowest BCUT2D eigenvalue weighted by atomic mass is 10.1. The fourth-order valence-corrected chi connectivity index (χ4v) is 2.44. The van der Waals surface area contributed by atoms with E-state index < -0.39 is 5.97 Å². The minimum Gasteiger partial charge on any atom is -0.490 e. The van der Waals surface area contributed by atoms with Crippen LogP contribution in [0.1, 0.15) is 21.6 Å². The van der Waals surface area contributed by atoms with Gasteiger partial charge in [0.05, 0.1) is 28.4 Å². The van der Waals surface area contributed by atoms with Crippen LogP contribution in [-0.2, 0) is 4.74 Å².